The van der Waals surface area contributed by atoms with Gasteiger partial charge in [-0.3, -0.25) is 0 Å². The maximum atomic E-state index is 6.64. The Bertz CT molecular complexity index is 3320. The molecular formula is C51H30N2O. The molecule has 0 unspecified atom stereocenters. The van der Waals surface area contributed by atoms with E-state index >= 15 is 0 Å². The number of oxazole rings is 1. The molecule has 54 heavy (non-hydrogen) atoms. The summed E-state index contributed by atoms with van der Waals surface area (Å²) in [6.45, 7) is 0. The second-order valence-electron chi connectivity index (χ2n) is 14.4. The number of fused-ring (bicyclic) bond motifs is 9. The fraction of sp³-hybridized carbons (Fsp3) is 0. The minimum absolute atomic E-state index is 0.644. The van der Waals surface area contributed by atoms with Gasteiger partial charge in [0.1, 0.15) is 5.69 Å². The summed E-state index contributed by atoms with van der Waals surface area (Å²) in [6, 6.07) is 65.6. The highest BCUT2D eigenvalue weighted by molar-refractivity contribution is 6.23. The third-order valence-corrected chi connectivity index (χ3v) is 11.3. The van der Waals surface area contributed by atoms with Crippen molar-refractivity contribution in [1.82, 2.24) is 9.55 Å². The van der Waals surface area contributed by atoms with Gasteiger partial charge in [-0.2, -0.15) is 0 Å². The zero-order valence-electron chi connectivity index (χ0n) is 29.1. The summed E-state index contributed by atoms with van der Waals surface area (Å²) in [5, 5.41) is 9.78. The van der Waals surface area contributed by atoms with Crippen molar-refractivity contribution >= 4 is 54.1 Å². The van der Waals surface area contributed by atoms with Gasteiger partial charge in [-0.25, -0.2) is 4.98 Å². The Morgan fingerprint density at radius 1 is 0.389 bits per heavy atom. The van der Waals surface area contributed by atoms with Crippen LogP contribution in [0.25, 0.3) is 116 Å². The normalized spacial score (nSPS) is 12.1. The van der Waals surface area contributed by atoms with Crippen LogP contribution in [0.4, 0.5) is 0 Å². The van der Waals surface area contributed by atoms with E-state index in [2.05, 4.69) is 180 Å². The third kappa shape index (κ3) is 4.27. The Kier molecular flexibility index (Phi) is 6.05. The molecule has 0 saturated carbocycles. The monoisotopic (exact) mass is 686 g/mol. The molecule has 0 atom stereocenters. The standard InChI is InChI=1S/C51H30N2O/c1-3-11-31(12-4-1)33-17-9-18-38(25-33)51-52-49-45-28-37-21-23-39(30-42(37)40-19-10-20-41(48(40)45)50(49)54-51)53-46-24-22-36(32-13-5-2-6-14-32)27-43(46)44-26-34-15-7-8-16-35(34)29-47(44)53/h1-30H. The van der Waals surface area contributed by atoms with Crippen LogP contribution in [0.15, 0.2) is 186 Å². The first-order valence-corrected chi connectivity index (χ1v) is 18.4. The van der Waals surface area contributed by atoms with Crippen molar-refractivity contribution in [2.24, 2.45) is 0 Å². The van der Waals surface area contributed by atoms with Gasteiger partial charge in [0.25, 0.3) is 0 Å². The molecule has 0 radical (unpaired) electrons. The first-order valence-electron chi connectivity index (χ1n) is 18.4. The van der Waals surface area contributed by atoms with E-state index in [0.29, 0.717) is 5.89 Å². The predicted octanol–water partition coefficient (Wildman–Crippen LogP) is 13.9. The van der Waals surface area contributed by atoms with Crippen LogP contribution < -0.4 is 0 Å². The summed E-state index contributed by atoms with van der Waals surface area (Å²) < 4.78 is 9.08. The quantitative estimate of drug-likeness (QED) is 0.173. The van der Waals surface area contributed by atoms with Crippen molar-refractivity contribution < 1.29 is 4.42 Å². The minimum Gasteiger partial charge on any atom is -0.435 e. The number of rotatable bonds is 4. The molecule has 0 spiro atoms. The lowest BCUT2D eigenvalue weighted by Gasteiger charge is -2.13. The topological polar surface area (TPSA) is 31.0 Å². The van der Waals surface area contributed by atoms with Gasteiger partial charge in [0.05, 0.1) is 11.0 Å². The summed E-state index contributed by atoms with van der Waals surface area (Å²) >= 11 is 0. The van der Waals surface area contributed by atoms with Gasteiger partial charge < -0.3 is 8.98 Å². The highest BCUT2D eigenvalue weighted by Crippen LogP contribution is 2.51. The zero-order valence-corrected chi connectivity index (χ0v) is 29.1. The molecule has 1 aliphatic rings. The molecule has 0 fully saturated rings. The lowest BCUT2D eigenvalue weighted by Crippen LogP contribution is -1.94. The average Bonchev–Trinajstić information content (AvgIpc) is 3.91. The molecule has 0 aliphatic heterocycles. The van der Waals surface area contributed by atoms with Gasteiger partial charge in [-0.15, -0.1) is 0 Å². The Morgan fingerprint density at radius 2 is 1.07 bits per heavy atom. The van der Waals surface area contributed by atoms with E-state index in [-0.39, 0.29) is 0 Å². The predicted molar refractivity (Wildman–Crippen MR) is 224 cm³/mol. The fourth-order valence-corrected chi connectivity index (χ4v) is 8.78. The lowest BCUT2D eigenvalue weighted by atomic mass is 9.96. The number of aromatic nitrogens is 2. The van der Waals surface area contributed by atoms with Gasteiger partial charge in [0.2, 0.25) is 5.89 Å². The van der Waals surface area contributed by atoms with E-state index < -0.39 is 0 Å². The summed E-state index contributed by atoms with van der Waals surface area (Å²) in [5.74, 6) is 1.49. The smallest absolute Gasteiger partial charge is 0.227 e. The Hall–Kier alpha value is -7.23. The summed E-state index contributed by atoms with van der Waals surface area (Å²) in [6.07, 6.45) is 0. The SMILES string of the molecule is c1ccc(-c2cccc(-c3nc4c(o3)-c3cccc5c3c-4cc3ccc(-n4c6ccc(-c7ccccc7)cc6c6cc7ccccc7cc64)cc35)c2)cc1. The van der Waals surface area contributed by atoms with Gasteiger partial charge in [-0.1, -0.05) is 127 Å². The molecular weight excluding hydrogens is 657 g/mol. The van der Waals surface area contributed by atoms with E-state index in [1.165, 1.54) is 70.8 Å². The molecule has 11 aromatic rings. The van der Waals surface area contributed by atoms with Crippen molar-refractivity contribution in [3.05, 3.63) is 182 Å². The van der Waals surface area contributed by atoms with Crippen molar-refractivity contribution in [3.63, 3.8) is 0 Å². The van der Waals surface area contributed by atoms with Crippen molar-refractivity contribution in [2.45, 2.75) is 0 Å². The van der Waals surface area contributed by atoms with Crippen LogP contribution in [-0.2, 0) is 0 Å². The zero-order chi connectivity index (χ0) is 35.3. The summed E-state index contributed by atoms with van der Waals surface area (Å²) in [4.78, 5) is 5.15. The van der Waals surface area contributed by atoms with Crippen LogP contribution in [0.5, 0.6) is 0 Å². The molecule has 3 heteroatoms. The van der Waals surface area contributed by atoms with Gasteiger partial charge in [-0.05, 0) is 104 Å². The number of benzene rings is 9. The molecule has 2 heterocycles. The molecule has 0 N–H and O–H groups in total. The maximum absolute atomic E-state index is 6.64. The molecule has 0 bridgehead atoms. The van der Waals surface area contributed by atoms with Gasteiger partial charge in [0, 0.05) is 38.5 Å². The van der Waals surface area contributed by atoms with Crippen LogP contribution in [0.2, 0.25) is 0 Å². The summed E-state index contributed by atoms with van der Waals surface area (Å²) in [7, 11) is 0. The molecule has 9 aromatic carbocycles. The number of hydrogen-bond donors (Lipinski definition) is 0. The molecule has 12 rings (SSSR count). The largest absolute Gasteiger partial charge is 0.435 e. The first kappa shape index (κ1) is 29.4. The Morgan fingerprint density at radius 3 is 1.89 bits per heavy atom. The molecule has 0 saturated heterocycles. The van der Waals surface area contributed by atoms with Crippen LogP contribution in [0.1, 0.15) is 0 Å². The first-order chi connectivity index (χ1) is 26.7. The second-order valence-corrected chi connectivity index (χ2v) is 14.4. The second kappa shape index (κ2) is 11.1. The van der Waals surface area contributed by atoms with Gasteiger partial charge in [0.15, 0.2) is 5.76 Å². The van der Waals surface area contributed by atoms with E-state index in [0.717, 1.165) is 39.4 Å². The van der Waals surface area contributed by atoms with E-state index in [1.54, 1.807) is 0 Å². The van der Waals surface area contributed by atoms with Crippen molar-refractivity contribution in [2.75, 3.05) is 0 Å². The Balaban J connectivity index is 1.03. The van der Waals surface area contributed by atoms with E-state index in [1.807, 2.05) is 6.07 Å². The maximum Gasteiger partial charge on any atom is 0.227 e. The van der Waals surface area contributed by atoms with Crippen LogP contribution in [0, 0.1) is 0 Å². The molecule has 0 amide bonds. The lowest BCUT2D eigenvalue weighted by molar-refractivity contribution is 0.590. The highest BCUT2D eigenvalue weighted by atomic mass is 16.4. The molecule has 1 aliphatic carbocycles. The highest BCUT2D eigenvalue weighted by Gasteiger charge is 2.29. The number of nitrogens with zero attached hydrogens (tertiary/aromatic N) is 2. The fourth-order valence-electron chi connectivity index (χ4n) is 8.78. The summed E-state index contributed by atoms with van der Waals surface area (Å²) in [5.41, 5.74) is 12.4. The molecule has 3 nitrogen and oxygen atoms in total. The van der Waals surface area contributed by atoms with Gasteiger partial charge >= 0.3 is 0 Å². The molecule has 250 valence electrons. The van der Waals surface area contributed by atoms with E-state index in [9.17, 15) is 0 Å². The van der Waals surface area contributed by atoms with E-state index in [4.69, 9.17) is 9.40 Å². The van der Waals surface area contributed by atoms with Crippen LogP contribution >= 0.6 is 0 Å². The van der Waals surface area contributed by atoms with Crippen LogP contribution in [-0.4, -0.2) is 9.55 Å². The molecule has 2 aromatic heterocycles. The minimum atomic E-state index is 0.644. The van der Waals surface area contributed by atoms with Crippen molar-refractivity contribution in [3.8, 4) is 62.0 Å². The van der Waals surface area contributed by atoms with Crippen LogP contribution in [0.3, 0.4) is 0 Å². The Labute approximate surface area is 311 Å². The van der Waals surface area contributed by atoms with Crippen molar-refractivity contribution in [1.29, 1.82) is 0 Å². The third-order valence-electron chi connectivity index (χ3n) is 11.3. The average molecular weight is 687 g/mol. The number of hydrogen-bond acceptors (Lipinski definition) is 2.